The fourth-order valence-electron chi connectivity index (χ4n) is 2.84. The zero-order chi connectivity index (χ0) is 19.1. The van der Waals surface area contributed by atoms with Crippen LogP contribution >= 0.6 is 0 Å². The summed E-state index contributed by atoms with van der Waals surface area (Å²) in [5, 5.41) is 2.98. The summed E-state index contributed by atoms with van der Waals surface area (Å²) < 4.78 is 28.6. The minimum Gasteiger partial charge on any atom is -0.354 e. The Bertz CT molecular complexity index is 802. The highest BCUT2D eigenvalue weighted by atomic mass is 19.3. The van der Waals surface area contributed by atoms with Crippen molar-refractivity contribution < 1.29 is 13.6 Å². The smallest absolute Gasteiger partial charge is 0.287 e. The SMILES string of the molecule is C[C@@H](NC(=O)c1nc(N2CCC(F)(F)CC2)c2cnccn12)C(C)(C)C. The third kappa shape index (κ3) is 3.64. The number of imidazole rings is 1. The first-order valence-corrected chi connectivity index (χ1v) is 8.84. The summed E-state index contributed by atoms with van der Waals surface area (Å²) in [7, 11) is 0. The Labute approximate surface area is 151 Å². The van der Waals surface area contributed by atoms with Crippen LogP contribution in [0, 0.1) is 5.41 Å². The molecule has 1 amide bonds. The van der Waals surface area contributed by atoms with E-state index in [4.69, 9.17) is 0 Å². The molecule has 0 spiro atoms. The molecule has 1 aliphatic heterocycles. The number of hydrogen-bond acceptors (Lipinski definition) is 4. The van der Waals surface area contributed by atoms with Crippen LogP contribution in [0.2, 0.25) is 0 Å². The molecule has 1 aliphatic rings. The lowest BCUT2D eigenvalue weighted by Gasteiger charge is -2.31. The van der Waals surface area contributed by atoms with E-state index in [0.29, 0.717) is 11.3 Å². The molecule has 0 radical (unpaired) electrons. The summed E-state index contributed by atoms with van der Waals surface area (Å²) in [6, 6.07) is -0.0543. The molecule has 1 saturated heterocycles. The van der Waals surface area contributed by atoms with Crippen LogP contribution in [0.3, 0.4) is 0 Å². The van der Waals surface area contributed by atoms with Gasteiger partial charge in [0.1, 0.15) is 5.52 Å². The number of rotatable bonds is 3. The van der Waals surface area contributed by atoms with Crippen LogP contribution in [-0.2, 0) is 0 Å². The fourth-order valence-corrected chi connectivity index (χ4v) is 2.84. The molecule has 0 aromatic carbocycles. The number of hydrogen-bond donors (Lipinski definition) is 1. The Morgan fingerprint density at radius 3 is 2.58 bits per heavy atom. The van der Waals surface area contributed by atoms with Crippen LogP contribution in [0.15, 0.2) is 18.6 Å². The number of aromatic nitrogens is 3. The second-order valence-electron chi connectivity index (χ2n) is 7.99. The Morgan fingerprint density at radius 1 is 1.31 bits per heavy atom. The van der Waals surface area contributed by atoms with Gasteiger partial charge < -0.3 is 10.2 Å². The maximum Gasteiger partial charge on any atom is 0.287 e. The van der Waals surface area contributed by atoms with Crippen molar-refractivity contribution in [2.75, 3.05) is 18.0 Å². The third-order valence-electron chi connectivity index (χ3n) is 5.07. The lowest BCUT2D eigenvalue weighted by Crippen LogP contribution is -2.42. The molecule has 8 heteroatoms. The van der Waals surface area contributed by atoms with Crippen LogP contribution in [-0.4, -0.2) is 45.3 Å². The minimum absolute atomic E-state index is 0.0543. The highest BCUT2D eigenvalue weighted by Gasteiger charge is 2.35. The third-order valence-corrected chi connectivity index (χ3v) is 5.07. The number of nitrogens with zero attached hydrogens (tertiary/aromatic N) is 4. The molecular weight excluding hydrogens is 340 g/mol. The predicted molar refractivity (Wildman–Crippen MR) is 95.8 cm³/mol. The number of halogens is 2. The maximum absolute atomic E-state index is 13.5. The van der Waals surface area contributed by atoms with Gasteiger partial charge in [0, 0.05) is 44.4 Å². The highest BCUT2D eigenvalue weighted by molar-refractivity contribution is 5.94. The van der Waals surface area contributed by atoms with Gasteiger partial charge in [0.25, 0.3) is 11.8 Å². The first kappa shape index (κ1) is 18.5. The minimum atomic E-state index is -2.63. The molecule has 1 atom stereocenters. The van der Waals surface area contributed by atoms with Gasteiger partial charge >= 0.3 is 0 Å². The number of piperidine rings is 1. The van der Waals surface area contributed by atoms with Gasteiger partial charge in [0.05, 0.1) is 6.20 Å². The number of amides is 1. The first-order chi connectivity index (χ1) is 12.1. The second-order valence-corrected chi connectivity index (χ2v) is 7.99. The van der Waals surface area contributed by atoms with Crippen molar-refractivity contribution in [2.24, 2.45) is 5.41 Å². The number of carbonyl (C=O) groups is 1. The Hall–Kier alpha value is -2.25. The van der Waals surface area contributed by atoms with Crippen molar-refractivity contribution in [2.45, 2.75) is 52.5 Å². The van der Waals surface area contributed by atoms with E-state index in [1.807, 2.05) is 27.7 Å². The molecule has 2 aromatic rings. The van der Waals surface area contributed by atoms with E-state index >= 15 is 0 Å². The summed E-state index contributed by atoms with van der Waals surface area (Å²) in [5.41, 5.74) is 0.553. The van der Waals surface area contributed by atoms with E-state index in [2.05, 4.69) is 15.3 Å². The van der Waals surface area contributed by atoms with E-state index in [0.717, 1.165) is 0 Å². The molecule has 2 aromatic heterocycles. The normalized spacial score (nSPS) is 18.8. The van der Waals surface area contributed by atoms with E-state index in [9.17, 15) is 13.6 Å². The maximum atomic E-state index is 13.5. The second kappa shape index (κ2) is 6.48. The van der Waals surface area contributed by atoms with Crippen molar-refractivity contribution in [1.82, 2.24) is 19.7 Å². The summed E-state index contributed by atoms with van der Waals surface area (Å²) in [4.78, 5) is 23.2. The van der Waals surface area contributed by atoms with Crippen molar-refractivity contribution >= 4 is 17.2 Å². The van der Waals surface area contributed by atoms with Crippen molar-refractivity contribution in [1.29, 1.82) is 0 Å². The summed E-state index contributed by atoms with van der Waals surface area (Å²) in [6.07, 6.45) is 4.43. The van der Waals surface area contributed by atoms with Crippen LogP contribution in [0.1, 0.15) is 51.2 Å². The van der Waals surface area contributed by atoms with Gasteiger partial charge in [-0.3, -0.25) is 14.2 Å². The molecule has 3 heterocycles. The summed E-state index contributed by atoms with van der Waals surface area (Å²) in [6.45, 7) is 8.49. The number of anilines is 1. The van der Waals surface area contributed by atoms with Crippen molar-refractivity contribution in [3.8, 4) is 0 Å². The van der Waals surface area contributed by atoms with E-state index in [-0.39, 0.29) is 49.1 Å². The number of alkyl halides is 2. The topological polar surface area (TPSA) is 62.5 Å². The van der Waals surface area contributed by atoms with Crippen LogP contribution in [0.5, 0.6) is 0 Å². The highest BCUT2D eigenvalue weighted by Crippen LogP contribution is 2.32. The monoisotopic (exact) mass is 365 g/mol. The van der Waals surface area contributed by atoms with Gasteiger partial charge in [-0.15, -0.1) is 0 Å². The number of fused-ring (bicyclic) bond motifs is 1. The molecule has 0 bridgehead atoms. The summed E-state index contributed by atoms with van der Waals surface area (Å²) >= 11 is 0. The lowest BCUT2D eigenvalue weighted by atomic mass is 9.88. The zero-order valence-electron chi connectivity index (χ0n) is 15.6. The molecular formula is C18H25F2N5O. The largest absolute Gasteiger partial charge is 0.354 e. The van der Waals surface area contributed by atoms with Crippen molar-refractivity contribution in [3.05, 3.63) is 24.4 Å². The Balaban J connectivity index is 1.92. The van der Waals surface area contributed by atoms with Gasteiger partial charge in [0.2, 0.25) is 5.82 Å². The van der Waals surface area contributed by atoms with Gasteiger partial charge in [-0.1, -0.05) is 20.8 Å². The number of nitrogens with one attached hydrogen (secondary N) is 1. The first-order valence-electron chi connectivity index (χ1n) is 8.84. The fraction of sp³-hybridized carbons (Fsp3) is 0.611. The Morgan fingerprint density at radius 2 is 1.96 bits per heavy atom. The summed E-state index contributed by atoms with van der Waals surface area (Å²) in [5.74, 6) is -2.15. The lowest BCUT2D eigenvalue weighted by molar-refractivity contribution is -0.0221. The molecule has 26 heavy (non-hydrogen) atoms. The van der Waals surface area contributed by atoms with Gasteiger partial charge in [-0.25, -0.2) is 13.8 Å². The molecule has 142 valence electrons. The van der Waals surface area contributed by atoms with E-state index in [1.165, 1.54) is 0 Å². The quantitative estimate of drug-likeness (QED) is 0.908. The van der Waals surface area contributed by atoms with Crippen LogP contribution in [0.25, 0.3) is 5.52 Å². The van der Waals surface area contributed by atoms with E-state index in [1.54, 1.807) is 27.9 Å². The van der Waals surface area contributed by atoms with E-state index < -0.39 is 5.92 Å². The molecule has 3 rings (SSSR count). The van der Waals surface area contributed by atoms with Gasteiger partial charge in [0.15, 0.2) is 5.82 Å². The van der Waals surface area contributed by atoms with Crippen molar-refractivity contribution in [3.63, 3.8) is 0 Å². The number of carbonyl (C=O) groups excluding carboxylic acids is 1. The van der Waals surface area contributed by atoms with Crippen LogP contribution in [0.4, 0.5) is 14.6 Å². The molecule has 0 saturated carbocycles. The molecule has 0 aliphatic carbocycles. The molecule has 6 nitrogen and oxygen atoms in total. The zero-order valence-corrected chi connectivity index (χ0v) is 15.6. The molecule has 1 fully saturated rings. The average Bonchev–Trinajstić information content (AvgIpc) is 2.94. The van der Waals surface area contributed by atoms with Gasteiger partial charge in [-0.05, 0) is 12.3 Å². The van der Waals surface area contributed by atoms with Gasteiger partial charge in [-0.2, -0.15) is 0 Å². The standard InChI is InChI=1S/C18H25F2N5O/c1-12(17(2,3)4)22-16(26)15-23-14(13-11-21-7-10-25(13)15)24-8-5-18(19,20)6-9-24/h7,10-12H,5-6,8-9H2,1-4H3,(H,22,26)/t12-/m1/s1. The average molecular weight is 365 g/mol. The predicted octanol–water partition coefficient (Wildman–Crippen LogP) is 3.13. The Kier molecular flexibility index (Phi) is 4.62. The molecule has 0 unspecified atom stereocenters. The van der Waals surface area contributed by atoms with Crippen LogP contribution < -0.4 is 10.2 Å². The molecule has 1 N–H and O–H groups in total.